The highest BCUT2D eigenvalue weighted by Gasteiger charge is 2.58. The third kappa shape index (κ3) is 3.17. The van der Waals surface area contributed by atoms with E-state index in [0.717, 1.165) is 0 Å². The lowest BCUT2D eigenvalue weighted by Gasteiger charge is -2.53. The predicted molar refractivity (Wildman–Crippen MR) is 75.0 cm³/mol. The second kappa shape index (κ2) is 5.24. The highest BCUT2D eigenvalue weighted by molar-refractivity contribution is 6.48. The number of hydrogen-bond acceptors (Lipinski definition) is 4. The Labute approximate surface area is 116 Å². The van der Waals surface area contributed by atoms with E-state index in [0.29, 0.717) is 0 Å². The molecule has 0 aliphatic carbocycles. The van der Waals surface area contributed by atoms with Crippen LogP contribution in [0.2, 0.25) is 13.1 Å². The predicted octanol–water partition coefficient (Wildman–Crippen LogP) is 1.43. The maximum absolute atomic E-state index is 11.9. The summed E-state index contributed by atoms with van der Waals surface area (Å²) in [6, 6.07) is 0. The van der Waals surface area contributed by atoms with E-state index < -0.39 is 32.8 Å². The summed E-state index contributed by atoms with van der Waals surface area (Å²) < 4.78 is 11.3. The Morgan fingerprint density at radius 2 is 1.79 bits per heavy atom. The Bertz CT molecular complexity index is 377. The van der Waals surface area contributed by atoms with Gasteiger partial charge in [-0.1, -0.05) is 20.8 Å². The first-order chi connectivity index (χ1) is 8.49. The maximum Gasteiger partial charge on any atom is 0.304 e. The summed E-state index contributed by atoms with van der Waals surface area (Å²) in [5.74, 6) is -0.960. The van der Waals surface area contributed by atoms with Crippen molar-refractivity contribution < 1.29 is 18.8 Å². The summed E-state index contributed by atoms with van der Waals surface area (Å²) in [4.78, 5) is 23.0. The molecule has 0 spiro atoms. The number of β-lactam (4-membered cyclic amide) rings is 1. The van der Waals surface area contributed by atoms with Gasteiger partial charge in [-0.25, -0.2) is 0 Å². The molecule has 0 aromatic heterocycles. The number of ether oxygens (including phenoxy) is 1. The molecule has 5 nitrogen and oxygen atoms in total. The molecule has 1 N–H and O–H groups in total. The zero-order chi connectivity index (χ0) is 15.0. The van der Waals surface area contributed by atoms with E-state index >= 15 is 0 Å². The van der Waals surface area contributed by atoms with Crippen molar-refractivity contribution in [1.82, 2.24) is 5.32 Å². The molecule has 0 bridgehead atoms. The molecule has 1 heterocycles. The van der Waals surface area contributed by atoms with Crippen molar-refractivity contribution in [2.75, 3.05) is 0 Å². The molecule has 6 heteroatoms. The topological polar surface area (TPSA) is 64.6 Å². The van der Waals surface area contributed by atoms with E-state index in [1.807, 2.05) is 27.7 Å². The number of hydrogen-bond donors (Lipinski definition) is 1. The molecule has 0 aromatic rings. The van der Waals surface area contributed by atoms with Crippen LogP contribution in [0.25, 0.3) is 0 Å². The number of esters is 1. The number of carbonyl (C=O) groups excluding carboxylic acids is 2. The van der Waals surface area contributed by atoms with Crippen molar-refractivity contribution in [3.05, 3.63) is 0 Å². The molecule has 1 aliphatic rings. The van der Waals surface area contributed by atoms with Gasteiger partial charge in [0.05, 0.1) is 5.60 Å². The van der Waals surface area contributed by atoms with E-state index in [9.17, 15) is 9.59 Å². The van der Waals surface area contributed by atoms with E-state index in [2.05, 4.69) is 18.4 Å². The number of nitrogens with one attached hydrogen (secondary N) is 1. The van der Waals surface area contributed by atoms with Crippen molar-refractivity contribution in [3.63, 3.8) is 0 Å². The third-order valence-electron chi connectivity index (χ3n) is 3.73. The second-order valence-electron chi connectivity index (χ2n) is 6.54. The molecule has 0 radical (unpaired) electrons. The van der Waals surface area contributed by atoms with Crippen LogP contribution < -0.4 is 5.32 Å². The van der Waals surface area contributed by atoms with Crippen LogP contribution in [0.4, 0.5) is 0 Å². The van der Waals surface area contributed by atoms with Crippen LogP contribution in [0, 0.1) is 11.3 Å². The molecular formula is C13H25NO4Si. The van der Waals surface area contributed by atoms with Crippen molar-refractivity contribution in [1.29, 1.82) is 0 Å². The molecule has 1 amide bonds. The molecular weight excluding hydrogens is 262 g/mol. The van der Waals surface area contributed by atoms with Gasteiger partial charge in [-0.2, -0.15) is 0 Å². The van der Waals surface area contributed by atoms with Crippen molar-refractivity contribution in [2.24, 2.45) is 11.3 Å². The van der Waals surface area contributed by atoms with Crippen LogP contribution in [0.5, 0.6) is 0 Å². The number of carbonyl (C=O) groups is 2. The van der Waals surface area contributed by atoms with Crippen LogP contribution in [-0.4, -0.2) is 32.7 Å². The standard InChI is InChI=1S/C13H25NO4Si/c1-8(15)17-11-9(10(16)14-11)13(5,12(2,3)4)18-19(6)7/h9,11,19H,1-7H3,(H,14,16)/t9-,11-,13-/m1/s1. The van der Waals surface area contributed by atoms with E-state index in [-0.39, 0.29) is 11.3 Å². The van der Waals surface area contributed by atoms with Gasteiger partial charge in [0, 0.05) is 6.92 Å². The summed E-state index contributed by atoms with van der Waals surface area (Å²) in [6.45, 7) is 13.6. The summed E-state index contributed by atoms with van der Waals surface area (Å²) in [5.41, 5.74) is -0.874. The zero-order valence-electron chi connectivity index (χ0n) is 12.9. The highest BCUT2D eigenvalue weighted by Crippen LogP contribution is 2.44. The van der Waals surface area contributed by atoms with Crippen molar-refractivity contribution in [3.8, 4) is 0 Å². The van der Waals surface area contributed by atoms with Crippen LogP contribution in [0.15, 0.2) is 0 Å². The van der Waals surface area contributed by atoms with E-state index in [4.69, 9.17) is 9.16 Å². The Balaban J connectivity index is 3.03. The van der Waals surface area contributed by atoms with Gasteiger partial charge in [0.2, 0.25) is 5.91 Å². The van der Waals surface area contributed by atoms with Gasteiger partial charge < -0.3 is 14.5 Å². The first-order valence-corrected chi connectivity index (χ1v) is 9.42. The lowest BCUT2D eigenvalue weighted by molar-refractivity contribution is -0.193. The van der Waals surface area contributed by atoms with Crippen LogP contribution in [0.1, 0.15) is 34.6 Å². The molecule has 110 valence electrons. The van der Waals surface area contributed by atoms with E-state index in [1.165, 1.54) is 6.92 Å². The van der Waals surface area contributed by atoms with Gasteiger partial charge in [0.1, 0.15) is 5.92 Å². The van der Waals surface area contributed by atoms with Gasteiger partial charge in [-0.3, -0.25) is 9.59 Å². The minimum absolute atomic E-state index is 0.113. The first-order valence-electron chi connectivity index (χ1n) is 6.64. The second-order valence-corrected chi connectivity index (χ2v) is 8.87. The molecule has 1 aliphatic heterocycles. The molecule has 0 aromatic carbocycles. The van der Waals surface area contributed by atoms with E-state index in [1.54, 1.807) is 0 Å². The number of rotatable bonds is 4. The fourth-order valence-electron chi connectivity index (χ4n) is 2.38. The van der Waals surface area contributed by atoms with Gasteiger partial charge in [0.25, 0.3) is 0 Å². The average molecular weight is 287 g/mol. The fraction of sp³-hybridized carbons (Fsp3) is 0.846. The lowest BCUT2D eigenvalue weighted by Crippen LogP contribution is -2.71. The largest absolute Gasteiger partial charge is 0.441 e. The molecule has 1 rings (SSSR count). The van der Waals surface area contributed by atoms with Gasteiger partial charge in [-0.05, 0) is 25.4 Å². The molecule has 3 atom stereocenters. The highest BCUT2D eigenvalue weighted by atomic mass is 28.3. The maximum atomic E-state index is 11.9. The van der Waals surface area contributed by atoms with Gasteiger partial charge >= 0.3 is 5.97 Å². The smallest absolute Gasteiger partial charge is 0.304 e. The average Bonchev–Trinajstić information content (AvgIpc) is 2.11. The van der Waals surface area contributed by atoms with Crippen LogP contribution in [-0.2, 0) is 18.8 Å². The van der Waals surface area contributed by atoms with Gasteiger partial charge in [-0.15, -0.1) is 0 Å². The molecule has 0 saturated carbocycles. The third-order valence-corrected chi connectivity index (χ3v) is 4.69. The minimum Gasteiger partial charge on any atom is -0.441 e. The Kier molecular flexibility index (Phi) is 4.46. The Morgan fingerprint density at radius 1 is 1.26 bits per heavy atom. The fourth-order valence-corrected chi connectivity index (χ4v) is 3.86. The summed E-state index contributed by atoms with van der Waals surface area (Å²) >= 11 is 0. The number of amides is 1. The van der Waals surface area contributed by atoms with Crippen molar-refractivity contribution in [2.45, 2.75) is 59.5 Å². The lowest BCUT2D eigenvalue weighted by atomic mass is 9.67. The summed E-state index contributed by atoms with van der Waals surface area (Å²) in [7, 11) is -1.34. The van der Waals surface area contributed by atoms with Crippen LogP contribution >= 0.6 is 0 Å². The molecule has 19 heavy (non-hydrogen) atoms. The molecule has 1 fully saturated rings. The monoisotopic (exact) mass is 287 g/mol. The Hall–Kier alpha value is -0.883. The zero-order valence-corrected chi connectivity index (χ0v) is 14.0. The summed E-state index contributed by atoms with van der Waals surface area (Å²) in [6.07, 6.45) is -0.582. The van der Waals surface area contributed by atoms with Crippen LogP contribution in [0.3, 0.4) is 0 Å². The first kappa shape index (κ1) is 16.2. The minimum atomic E-state index is -1.34. The quantitative estimate of drug-likeness (QED) is 0.482. The van der Waals surface area contributed by atoms with Crippen molar-refractivity contribution >= 4 is 20.9 Å². The summed E-state index contributed by atoms with van der Waals surface area (Å²) in [5, 5.41) is 2.63. The Morgan fingerprint density at radius 3 is 2.11 bits per heavy atom. The molecule has 1 saturated heterocycles. The normalized spacial score (nSPS) is 26.4. The molecule has 0 unspecified atom stereocenters. The SMILES string of the molecule is CC(=O)O[C@H]1NC(=O)[C@H]1[C@@](C)(O[SiH](C)C)C(C)(C)C. The van der Waals surface area contributed by atoms with Gasteiger partial charge in [0.15, 0.2) is 15.3 Å².